The zero-order valence-electron chi connectivity index (χ0n) is 9.95. The van der Waals surface area contributed by atoms with Crippen LogP contribution in [0.25, 0.3) is 5.70 Å². The van der Waals surface area contributed by atoms with Gasteiger partial charge in [0.25, 0.3) is 0 Å². The molecule has 1 aromatic heterocycles. The maximum absolute atomic E-state index is 13.3. The van der Waals surface area contributed by atoms with E-state index in [2.05, 4.69) is 15.6 Å². The van der Waals surface area contributed by atoms with E-state index in [1.165, 1.54) is 0 Å². The number of aromatic nitrogens is 3. The number of nitrogens with one attached hydrogen (secondary N) is 1. The summed E-state index contributed by atoms with van der Waals surface area (Å²) in [4.78, 5) is 0. The molecule has 0 aliphatic carbocycles. The predicted molar refractivity (Wildman–Crippen MR) is 79.4 cm³/mol. The second-order valence-electron chi connectivity index (χ2n) is 4.02. The summed E-state index contributed by atoms with van der Waals surface area (Å²) in [5, 5.41) is 6.20. The Morgan fingerprint density at radius 2 is 2.00 bits per heavy atom. The Morgan fingerprint density at radius 1 is 1.24 bits per heavy atom. The van der Waals surface area contributed by atoms with Crippen LogP contribution in [-0.4, -0.2) is 14.9 Å². The summed E-state index contributed by atoms with van der Waals surface area (Å²) >= 11 is 18.1. The van der Waals surface area contributed by atoms with Gasteiger partial charge in [0.05, 0.1) is 10.7 Å². The SMILES string of the molecule is FC(F)(Cl)c1nnc2n1NC(c1ccc(Cl)cc1Cl)=CS2. The molecule has 0 radical (unpaired) electrons. The number of benzene rings is 1. The van der Waals surface area contributed by atoms with Gasteiger partial charge in [-0.2, -0.15) is 8.78 Å². The Morgan fingerprint density at radius 3 is 2.67 bits per heavy atom. The van der Waals surface area contributed by atoms with Crippen LogP contribution in [0, 0.1) is 0 Å². The second kappa shape index (κ2) is 5.31. The molecule has 0 saturated heterocycles. The summed E-state index contributed by atoms with van der Waals surface area (Å²) < 4.78 is 27.6. The molecule has 21 heavy (non-hydrogen) atoms. The smallest absolute Gasteiger partial charge is 0.289 e. The average molecular weight is 370 g/mol. The van der Waals surface area contributed by atoms with Crippen molar-refractivity contribution in [2.45, 2.75) is 10.5 Å². The highest BCUT2D eigenvalue weighted by Crippen LogP contribution is 2.37. The second-order valence-corrected chi connectivity index (χ2v) is 6.18. The Hall–Kier alpha value is -1.02. The number of alkyl halides is 3. The first kappa shape index (κ1) is 14.9. The minimum absolute atomic E-state index is 0.249. The monoisotopic (exact) mass is 368 g/mol. The van der Waals surface area contributed by atoms with Gasteiger partial charge in [0.1, 0.15) is 0 Å². The molecule has 0 fully saturated rings. The van der Waals surface area contributed by atoms with Crippen molar-refractivity contribution in [3.63, 3.8) is 0 Å². The van der Waals surface area contributed by atoms with Gasteiger partial charge < -0.3 is 0 Å². The molecule has 10 heteroatoms. The third-order valence-electron chi connectivity index (χ3n) is 2.62. The highest BCUT2D eigenvalue weighted by atomic mass is 35.5. The molecule has 0 unspecified atom stereocenters. The lowest BCUT2D eigenvalue weighted by molar-refractivity contribution is 0.0809. The van der Waals surface area contributed by atoms with E-state index in [0.29, 0.717) is 21.3 Å². The molecule has 1 aliphatic heterocycles. The first-order valence-electron chi connectivity index (χ1n) is 5.48. The standard InChI is InChI=1S/C11H5Cl3F2N4S/c12-5-1-2-6(7(13)3-5)8-4-21-10-18-17-9(11(14,15)16)20(10)19-8/h1-4,19H. The van der Waals surface area contributed by atoms with Gasteiger partial charge in [-0.25, -0.2) is 4.68 Å². The molecule has 0 saturated carbocycles. The van der Waals surface area contributed by atoms with Crippen molar-refractivity contribution in [1.82, 2.24) is 14.9 Å². The summed E-state index contributed by atoms with van der Waals surface area (Å²) in [5.74, 6) is -0.692. The normalized spacial score (nSPS) is 14.4. The zero-order valence-corrected chi connectivity index (χ0v) is 13.0. The van der Waals surface area contributed by atoms with Crippen LogP contribution in [0.15, 0.2) is 28.8 Å². The maximum atomic E-state index is 13.3. The van der Waals surface area contributed by atoms with Crippen molar-refractivity contribution in [1.29, 1.82) is 0 Å². The van der Waals surface area contributed by atoms with Crippen LogP contribution in [0.1, 0.15) is 11.4 Å². The van der Waals surface area contributed by atoms with E-state index in [-0.39, 0.29) is 5.16 Å². The molecule has 1 aliphatic rings. The highest BCUT2D eigenvalue weighted by Gasteiger charge is 2.37. The van der Waals surface area contributed by atoms with Crippen LogP contribution < -0.4 is 5.43 Å². The molecular formula is C11H5Cl3F2N4S. The highest BCUT2D eigenvalue weighted by molar-refractivity contribution is 8.02. The van der Waals surface area contributed by atoms with E-state index >= 15 is 0 Å². The summed E-state index contributed by atoms with van der Waals surface area (Å²) in [6, 6.07) is 4.89. The lowest BCUT2D eigenvalue weighted by Crippen LogP contribution is -2.24. The number of thioether (sulfide) groups is 1. The first-order chi connectivity index (χ1) is 9.86. The Balaban J connectivity index is 1.99. The van der Waals surface area contributed by atoms with Crippen molar-refractivity contribution >= 4 is 52.3 Å². The number of hydrogen-bond acceptors (Lipinski definition) is 4. The topological polar surface area (TPSA) is 42.7 Å². The molecule has 4 nitrogen and oxygen atoms in total. The molecule has 0 atom stereocenters. The van der Waals surface area contributed by atoms with Crippen molar-refractivity contribution in [3.8, 4) is 0 Å². The largest absolute Gasteiger partial charge is 0.383 e. The van der Waals surface area contributed by atoms with Crippen LogP contribution in [0.3, 0.4) is 0 Å². The molecule has 0 amide bonds. The van der Waals surface area contributed by atoms with Gasteiger partial charge in [-0.05, 0) is 29.8 Å². The maximum Gasteiger partial charge on any atom is 0.383 e. The lowest BCUT2D eigenvalue weighted by atomic mass is 10.2. The Labute approximate surface area is 137 Å². The van der Waals surface area contributed by atoms with Gasteiger partial charge in [0.15, 0.2) is 0 Å². The Kier molecular flexibility index (Phi) is 3.77. The third-order valence-corrected chi connectivity index (χ3v) is 4.17. The third kappa shape index (κ3) is 2.83. The quantitative estimate of drug-likeness (QED) is 0.790. The van der Waals surface area contributed by atoms with Gasteiger partial charge in [-0.3, -0.25) is 5.43 Å². The van der Waals surface area contributed by atoms with Crippen LogP contribution in [0.2, 0.25) is 10.0 Å². The summed E-state index contributed by atoms with van der Waals surface area (Å²) in [6.45, 7) is 0. The fourth-order valence-corrected chi connectivity index (χ4v) is 3.08. The molecule has 110 valence electrons. The van der Waals surface area contributed by atoms with E-state index < -0.39 is 11.2 Å². The fraction of sp³-hybridized carbons (Fsp3) is 0.0909. The number of halogens is 5. The predicted octanol–water partition coefficient (Wildman–Crippen LogP) is 4.52. The zero-order chi connectivity index (χ0) is 15.2. The molecule has 2 heterocycles. The van der Waals surface area contributed by atoms with Crippen molar-refractivity contribution in [2.75, 3.05) is 5.43 Å². The molecule has 1 N–H and O–H groups in total. The first-order valence-corrected chi connectivity index (χ1v) is 7.49. The molecular weight excluding hydrogens is 365 g/mol. The molecule has 2 aromatic rings. The van der Waals surface area contributed by atoms with Crippen molar-refractivity contribution < 1.29 is 8.78 Å². The minimum Gasteiger partial charge on any atom is -0.289 e. The summed E-state index contributed by atoms with van der Waals surface area (Å²) in [7, 11) is 0. The van der Waals surface area contributed by atoms with E-state index in [9.17, 15) is 8.78 Å². The minimum atomic E-state index is -3.63. The van der Waals surface area contributed by atoms with Gasteiger partial charge in [-0.1, -0.05) is 35.0 Å². The van der Waals surface area contributed by atoms with Crippen LogP contribution >= 0.6 is 46.6 Å². The number of hydrogen-bond donors (Lipinski definition) is 1. The van der Waals surface area contributed by atoms with Gasteiger partial charge in [0.2, 0.25) is 11.0 Å². The molecule has 3 rings (SSSR count). The fourth-order valence-electron chi connectivity index (χ4n) is 1.72. The van der Waals surface area contributed by atoms with Crippen LogP contribution in [0.4, 0.5) is 8.78 Å². The van der Waals surface area contributed by atoms with Crippen molar-refractivity contribution in [2.24, 2.45) is 0 Å². The van der Waals surface area contributed by atoms with E-state index in [1.807, 2.05) is 0 Å². The lowest BCUT2D eigenvalue weighted by Gasteiger charge is -2.20. The molecule has 0 bridgehead atoms. The van der Waals surface area contributed by atoms with Gasteiger partial charge in [0, 0.05) is 16.0 Å². The van der Waals surface area contributed by atoms with Crippen molar-refractivity contribution in [3.05, 3.63) is 45.0 Å². The van der Waals surface area contributed by atoms with E-state index in [1.54, 1.807) is 23.6 Å². The number of fused-ring (bicyclic) bond motifs is 1. The van der Waals surface area contributed by atoms with E-state index in [0.717, 1.165) is 16.4 Å². The average Bonchev–Trinajstić information content (AvgIpc) is 2.81. The van der Waals surface area contributed by atoms with E-state index in [4.69, 9.17) is 34.8 Å². The van der Waals surface area contributed by atoms with Gasteiger partial charge >= 0.3 is 5.38 Å². The summed E-state index contributed by atoms with van der Waals surface area (Å²) in [5.41, 5.74) is 3.89. The summed E-state index contributed by atoms with van der Waals surface area (Å²) in [6.07, 6.45) is 0. The molecule has 0 spiro atoms. The van der Waals surface area contributed by atoms with Crippen LogP contribution in [0.5, 0.6) is 0 Å². The van der Waals surface area contributed by atoms with Crippen LogP contribution in [-0.2, 0) is 5.38 Å². The number of rotatable bonds is 2. The number of nitrogens with zero attached hydrogens (tertiary/aromatic N) is 3. The molecule has 1 aromatic carbocycles. The van der Waals surface area contributed by atoms with Gasteiger partial charge in [-0.15, -0.1) is 10.2 Å². The Bertz CT molecular complexity index is 742.